The highest BCUT2D eigenvalue weighted by atomic mass is 19.4. The van der Waals surface area contributed by atoms with Crippen LogP contribution in [0, 0.1) is 6.92 Å². The number of likely N-dealkylation sites (tertiary alicyclic amines) is 1. The summed E-state index contributed by atoms with van der Waals surface area (Å²) in [4.78, 5) is 38.4. The van der Waals surface area contributed by atoms with Crippen LogP contribution in [-0.4, -0.2) is 65.8 Å². The van der Waals surface area contributed by atoms with E-state index in [0.717, 1.165) is 51.0 Å². The fourth-order valence-corrected chi connectivity index (χ4v) is 7.62. The molecule has 1 saturated heterocycles. The van der Waals surface area contributed by atoms with E-state index in [0.29, 0.717) is 24.4 Å². The van der Waals surface area contributed by atoms with Crippen LogP contribution in [0.15, 0.2) is 36.4 Å². The molecule has 45 heavy (non-hydrogen) atoms. The number of methoxy groups -OCH3 is 1. The average molecular weight is 625 g/mol. The lowest BCUT2D eigenvalue weighted by molar-refractivity contribution is -0.186. The number of aryl methyl sites for hydroxylation is 1. The number of benzene rings is 2. The van der Waals surface area contributed by atoms with E-state index in [-0.39, 0.29) is 38.0 Å². The maximum absolute atomic E-state index is 13.3. The van der Waals surface area contributed by atoms with Crippen molar-refractivity contribution in [3.8, 4) is 11.3 Å². The fraction of sp³-hybridized carbons (Fsp3) is 0.500. The Balaban J connectivity index is 1.32. The molecule has 3 amide bonds. The Morgan fingerprint density at radius 2 is 1.62 bits per heavy atom. The molecule has 2 aliphatic heterocycles. The molecule has 0 bridgehead atoms. The highest BCUT2D eigenvalue weighted by Gasteiger charge is 2.43. The third kappa shape index (κ3) is 6.13. The summed E-state index contributed by atoms with van der Waals surface area (Å²) in [5.74, 6) is -1.85. The van der Waals surface area contributed by atoms with Crippen LogP contribution in [0.1, 0.15) is 77.9 Å². The summed E-state index contributed by atoms with van der Waals surface area (Å²) in [7, 11) is 1.38. The number of urea groups is 1. The minimum atomic E-state index is -4.90. The number of piperidine rings is 1. The lowest BCUT2D eigenvalue weighted by Gasteiger charge is -2.33. The van der Waals surface area contributed by atoms with Gasteiger partial charge in [-0.3, -0.25) is 4.79 Å². The number of alkyl halides is 3. The number of halogens is 3. The van der Waals surface area contributed by atoms with Crippen molar-refractivity contribution >= 4 is 28.8 Å². The monoisotopic (exact) mass is 624 g/mol. The number of rotatable bonds is 4. The van der Waals surface area contributed by atoms with Gasteiger partial charge in [-0.2, -0.15) is 13.2 Å². The molecule has 2 aromatic carbocycles. The molecule has 6 rings (SSSR count). The number of nitrogens with one attached hydrogen (secondary N) is 2. The van der Waals surface area contributed by atoms with Gasteiger partial charge in [0.1, 0.15) is 0 Å². The summed E-state index contributed by atoms with van der Waals surface area (Å²) in [6.45, 7) is 2.39. The molecular formula is C34H39F3N4O4. The summed E-state index contributed by atoms with van der Waals surface area (Å²) < 4.78 is 45.9. The Hall–Kier alpha value is -4.02. The van der Waals surface area contributed by atoms with E-state index < -0.39 is 24.1 Å². The predicted molar refractivity (Wildman–Crippen MR) is 164 cm³/mol. The fourth-order valence-electron chi connectivity index (χ4n) is 7.62. The third-order valence-corrected chi connectivity index (χ3v) is 9.67. The van der Waals surface area contributed by atoms with Gasteiger partial charge in [-0.1, -0.05) is 43.5 Å². The van der Waals surface area contributed by atoms with Crippen molar-refractivity contribution < 1.29 is 32.3 Å². The van der Waals surface area contributed by atoms with Gasteiger partial charge in [-0.05, 0) is 73.8 Å². The molecule has 1 aliphatic carbocycles. The van der Waals surface area contributed by atoms with Crippen LogP contribution < -0.4 is 10.6 Å². The zero-order chi connectivity index (χ0) is 31.9. The van der Waals surface area contributed by atoms with Crippen molar-refractivity contribution in [3.63, 3.8) is 0 Å². The number of fused-ring (bicyclic) bond motifs is 5. The van der Waals surface area contributed by atoms with Crippen LogP contribution in [0.25, 0.3) is 22.2 Å². The minimum absolute atomic E-state index is 0.0648. The molecule has 3 aliphatic rings. The zero-order valence-corrected chi connectivity index (χ0v) is 25.6. The summed E-state index contributed by atoms with van der Waals surface area (Å²) in [6.07, 6.45) is 1.95. The van der Waals surface area contributed by atoms with Crippen molar-refractivity contribution in [3.05, 3.63) is 58.7 Å². The average Bonchev–Trinajstić information content (AvgIpc) is 3.25. The highest BCUT2D eigenvalue weighted by Crippen LogP contribution is 2.47. The van der Waals surface area contributed by atoms with Crippen LogP contribution >= 0.6 is 0 Å². The lowest BCUT2D eigenvalue weighted by atomic mass is 9.80. The molecule has 2 N–H and O–H groups in total. The molecule has 1 atom stereocenters. The normalized spacial score (nSPS) is 19.4. The number of carbonyl (C=O) groups is 3. The Bertz CT molecular complexity index is 1620. The number of nitrogens with zero attached hydrogens (tertiary/aromatic N) is 2. The Morgan fingerprint density at radius 1 is 0.933 bits per heavy atom. The predicted octanol–water partition coefficient (Wildman–Crippen LogP) is 6.23. The molecule has 2 fully saturated rings. The van der Waals surface area contributed by atoms with Gasteiger partial charge in [0.25, 0.3) is 0 Å². The van der Waals surface area contributed by atoms with Gasteiger partial charge in [0.05, 0.1) is 24.4 Å². The van der Waals surface area contributed by atoms with E-state index in [1.165, 1.54) is 31.9 Å². The van der Waals surface area contributed by atoms with Gasteiger partial charge < -0.3 is 24.8 Å². The summed E-state index contributed by atoms with van der Waals surface area (Å²) in [5.41, 5.74) is 7.14. The number of hydrogen-bond donors (Lipinski definition) is 2. The topological polar surface area (TPSA) is 92.7 Å². The van der Waals surface area contributed by atoms with Gasteiger partial charge in [-0.15, -0.1) is 0 Å². The van der Waals surface area contributed by atoms with Crippen molar-refractivity contribution in [1.29, 1.82) is 0 Å². The number of amides is 3. The first-order valence-corrected chi connectivity index (χ1v) is 15.8. The third-order valence-electron chi connectivity index (χ3n) is 9.67. The lowest BCUT2D eigenvalue weighted by Crippen LogP contribution is -2.53. The van der Waals surface area contributed by atoms with Crippen LogP contribution in [-0.2, 0) is 22.5 Å². The second-order valence-corrected chi connectivity index (χ2v) is 12.6. The molecule has 8 nitrogen and oxygen atoms in total. The zero-order valence-electron chi connectivity index (χ0n) is 25.6. The largest absolute Gasteiger partial charge is 0.471 e. The Kier molecular flexibility index (Phi) is 8.54. The SMILES string of the molecule is COC(=O)c1cc(C)c2c(C3CCCCC3)c3n(c2c1)CC(NC(=O)NC1CCN(C(=O)C(F)(F)F)CC1)Cc1ccccc1-3. The van der Waals surface area contributed by atoms with E-state index in [1.807, 2.05) is 31.2 Å². The minimum Gasteiger partial charge on any atom is -0.465 e. The number of aromatic nitrogens is 1. The molecule has 1 aromatic heterocycles. The van der Waals surface area contributed by atoms with Gasteiger partial charge in [0, 0.05) is 42.1 Å². The standard InChI is InChI=1S/C34H39F3N4O4/c1-20-16-23(31(42)45-2)18-27-28(20)29(21-8-4-3-5-9-21)30-26-11-7-6-10-22(26)17-25(19-41(27)30)39-33(44)38-24-12-14-40(15-13-24)32(43)34(35,36)37/h6-7,10-11,16,18,21,24-25H,3-5,8-9,12-15,17,19H2,1-2H3,(H2,38,39,44). The number of ether oxygens (including phenoxy) is 1. The number of esters is 1. The first-order valence-electron chi connectivity index (χ1n) is 15.8. The van der Waals surface area contributed by atoms with E-state index in [1.54, 1.807) is 0 Å². The van der Waals surface area contributed by atoms with Crippen LogP contribution in [0.4, 0.5) is 18.0 Å². The Labute approximate surface area is 260 Å². The van der Waals surface area contributed by atoms with Crippen molar-refractivity contribution in [2.24, 2.45) is 0 Å². The maximum atomic E-state index is 13.3. The van der Waals surface area contributed by atoms with Crippen molar-refractivity contribution in [2.45, 2.75) is 89.0 Å². The maximum Gasteiger partial charge on any atom is 0.471 e. The van der Waals surface area contributed by atoms with Gasteiger partial charge >= 0.3 is 24.1 Å². The van der Waals surface area contributed by atoms with E-state index in [9.17, 15) is 27.6 Å². The van der Waals surface area contributed by atoms with Gasteiger partial charge in [0.15, 0.2) is 0 Å². The van der Waals surface area contributed by atoms with E-state index >= 15 is 0 Å². The van der Waals surface area contributed by atoms with Crippen molar-refractivity contribution in [1.82, 2.24) is 20.1 Å². The smallest absolute Gasteiger partial charge is 0.465 e. The second-order valence-electron chi connectivity index (χ2n) is 12.6. The number of hydrogen-bond acceptors (Lipinski definition) is 4. The second kappa shape index (κ2) is 12.4. The Morgan fingerprint density at radius 3 is 2.31 bits per heavy atom. The first kappa shape index (κ1) is 31.0. The van der Waals surface area contributed by atoms with Crippen molar-refractivity contribution in [2.75, 3.05) is 20.2 Å². The van der Waals surface area contributed by atoms with Gasteiger partial charge in [-0.25, -0.2) is 9.59 Å². The molecule has 0 radical (unpaired) electrons. The molecule has 1 saturated carbocycles. The molecule has 3 heterocycles. The molecule has 1 unspecified atom stereocenters. The quantitative estimate of drug-likeness (QED) is 0.337. The van der Waals surface area contributed by atoms with Crippen LogP contribution in [0.5, 0.6) is 0 Å². The number of carbonyl (C=O) groups excluding carboxylic acids is 3. The first-order chi connectivity index (χ1) is 21.5. The summed E-state index contributed by atoms with van der Waals surface area (Å²) in [6, 6.07) is 11.1. The molecule has 3 aromatic rings. The summed E-state index contributed by atoms with van der Waals surface area (Å²) in [5, 5.41) is 7.22. The molecule has 11 heteroatoms. The van der Waals surface area contributed by atoms with Crippen LogP contribution in [0.3, 0.4) is 0 Å². The van der Waals surface area contributed by atoms with E-state index in [4.69, 9.17) is 4.74 Å². The molecule has 240 valence electrons. The highest BCUT2D eigenvalue weighted by molar-refractivity contribution is 6.01. The van der Waals surface area contributed by atoms with E-state index in [2.05, 4.69) is 27.3 Å². The molecule has 0 spiro atoms. The van der Waals surface area contributed by atoms with Gasteiger partial charge in [0.2, 0.25) is 0 Å². The van der Waals surface area contributed by atoms with Crippen LogP contribution in [0.2, 0.25) is 0 Å². The summed E-state index contributed by atoms with van der Waals surface area (Å²) >= 11 is 0. The molecular weight excluding hydrogens is 585 g/mol.